The number of rotatable bonds is 3. The van der Waals surface area contributed by atoms with Crippen LogP contribution in [0.3, 0.4) is 0 Å². The second kappa shape index (κ2) is 10.4. The van der Waals surface area contributed by atoms with Crippen molar-refractivity contribution in [2.45, 2.75) is 0 Å². The molecule has 0 fully saturated rings. The van der Waals surface area contributed by atoms with Gasteiger partial charge in [-0.15, -0.1) is 0 Å². The molecule has 0 aromatic heterocycles. The number of esters is 2. The van der Waals surface area contributed by atoms with Crippen molar-refractivity contribution in [3.05, 3.63) is 29.3 Å². The molecular formula is C10H11K2O7P. The summed E-state index contributed by atoms with van der Waals surface area (Å²) in [5.74, 6) is -1.62. The molecule has 0 bridgehead atoms. The summed E-state index contributed by atoms with van der Waals surface area (Å²) < 4.78 is 20.0. The molecule has 10 heteroatoms. The largest absolute Gasteiger partial charge is 0.465 e. The van der Waals surface area contributed by atoms with E-state index in [-0.39, 0.29) is 114 Å². The van der Waals surface area contributed by atoms with Crippen LogP contribution >= 0.6 is 7.60 Å². The molecule has 0 unspecified atom stereocenters. The molecule has 0 aliphatic rings. The maximum absolute atomic E-state index is 11.3. The third kappa shape index (κ3) is 6.78. The molecule has 1 aromatic rings. The van der Waals surface area contributed by atoms with Crippen LogP contribution < -0.4 is 5.30 Å². The van der Waals surface area contributed by atoms with E-state index in [0.717, 1.165) is 32.4 Å². The van der Waals surface area contributed by atoms with Crippen molar-refractivity contribution < 1.29 is 33.4 Å². The number of methoxy groups -OCH3 is 2. The first-order valence-corrected chi connectivity index (χ1v) is 6.28. The number of hydrogen-bond acceptors (Lipinski definition) is 5. The summed E-state index contributed by atoms with van der Waals surface area (Å²) in [5, 5.41) is -0.453. The van der Waals surface area contributed by atoms with Gasteiger partial charge in [-0.1, -0.05) is 0 Å². The van der Waals surface area contributed by atoms with Crippen molar-refractivity contribution in [3.8, 4) is 0 Å². The van der Waals surface area contributed by atoms with Gasteiger partial charge >= 0.3 is 19.5 Å². The average Bonchev–Trinajstić information content (AvgIpc) is 2.35. The van der Waals surface area contributed by atoms with Crippen LogP contribution in [0.2, 0.25) is 0 Å². The minimum Gasteiger partial charge on any atom is -0.465 e. The van der Waals surface area contributed by atoms with Gasteiger partial charge in [0.1, 0.15) is 0 Å². The summed E-state index contributed by atoms with van der Waals surface area (Å²) in [7, 11) is -2.36. The molecule has 0 saturated heterocycles. The predicted molar refractivity (Wildman–Crippen MR) is 72.3 cm³/mol. The third-order valence-corrected chi connectivity index (χ3v) is 3.03. The number of carbonyl (C=O) groups excluding carboxylic acids is 2. The van der Waals surface area contributed by atoms with Gasteiger partial charge in [-0.25, -0.2) is 9.59 Å². The van der Waals surface area contributed by atoms with Gasteiger partial charge in [0.15, 0.2) is 0 Å². The standard InChI is InChI=1S/C10H11O7P.2K/c1-16-9(11)6-3-7(10(12)17-2)5-8(4-6)18(13,14)15;;/h3-5H,1-2H3,(H2,13,14,15);;. The summed E-state index contributed by atoms with van der Waals surface area (Å²) in [5.41, 5.74) is -0.280. The molecule has 0 heterocycles. The number of carbonyl (C=O) groups is 2. The predicted octanol–water partition coefficient (Wildman–Crippen LogP) is -0.699. The van der Waals surface area contributed by atoms with Crippen molar-refractivity contribution in [1.29, 1.82) is 0 Å². The molecule has 2 radical (unpaired) electrons. The van der Waals surface area contributed by atoms with Crippen molar-refractivity contribution in [2.75, 3.05) is 14.2 Å². The number of hydrogen-bond donors (Lipinski definition) is 2. The Labute approximate surface area is 200 Å². The van der Waals surface area contributed by atoms with Crippen LogP contribution in [-0.4, -0.2) is 139 Å². The average molecular weight is 352 g/mol. The smallest absolute Gasteiger partial charge is 0.356 e. The Bertz CT molecular complexity index is 506. The minimum atomic E-state index is -4.59. The van der Waals surface area contributed by atoms with Crippen molar-refractivity contribution in [1.82, 2.24) is 0 Å². The summed E-state index contributed by atoms with van der Waals surface area (Å²) in [4.78, 5) is 40.8. The first-order chi connectivity index (χ1) is 8.29. The van der Waals surface area contributed by atoms with E-state index < -0.39 is 24.8 Å². The molecule has 0 atom stereocenters. The molecule has 20 heavy (non-hydrogen) atoms. The van der Waals surface area contributed by atoms with Crippen molar-refractivity contribution >= 4 is 128 Å². The van der Waals surface area contributed by atoms with Gasteiger partial charge in [-0.2, -0.15) is 0 Å². The Morgan fingerprint density at radius 2 is 1.30 bits per heavy atom. The monoisotopic (exact) mass is 352 g/mol. The minimum absolute atomic E-state index is 0. The molecule has 0 aliphatic carbocycles. The summed E-state index contributed by atoms with van der Waals surface area (Å²) in [6.07, 6.45) is 0. The summed E-state index contributed by atoms with van der Waals surface area (Å²) in [6.45, 7) is 0. The van der Waals surface area contributed by atoms with E-state index in [2.05, 4.69) is 9.47 Å². The van der Waals surface area contributed by atoms with Gasteiger partial charge in [0.2, 0.25) is 0 Å². The van der Waals surface area contributed by atoms with Crippen molar-refractivity contribution in [3.63, 3.8) is 0 Å². The first-order valence-electron chi connectivity index (χ1n) is 4.67. The fraction of sp³-hybridized carbons (Fsp3) is 0.200. The molecule has 1 aromatic carbocycles. The van der Waals surface area contributed by atoms with Gasteiger partial charge in [0.05, 0.1) is 30.7 Å². The van der Waals surface area contributed by atoms with Crippen molar-refractivity contribution in [2.24, 2.45) is 0 Å². The Balaban J connectivity index is 0. The molecule has 2 N–H and O–H groups in total. The quantitative estimate of drug-likeness (QED) is 0.420. The Morgan fingerprint density at radius 1 is 0.950 bits per heavy atom. The summed E-state index contributed by atoms with van der Waals surface area (Å²) >= 11 is 0. The SMILES string of the molecule is COC(=O)c1cc(C(=O)OC)cc(P(=O)(O)O)c1.[K].[K]. The van der Waals surface area contributed by atoms with E-state index >= 15 is 0 Å². The number of benzene rings is 1. The summed E-state index contributed by atoms with van der Waals surface area (Å²) in [6, 6.07) is 3.08. The zero-order chi connectivity index (χ0) is 13.9. The van der Waals surface area contributed by atoms with Crippen LogP contribution in [0, 0.1) is 0 Å². The number of ether oxygens (including phenoxy) is 2. The molecule has 0 saturated carbocycles. The molecule has 7 nitrogen and oxygen atoms in total. The van der Waals surface area contributed by atoms with E-state index in [1.54, 1.807) is 0 Å². The van der Waals surface area contributed by atoms with E-state index in [1.807, 2.05) is 0 Å². The molecule has 0 amide bonds. The topological polar surface area (TPSA) is 110 Å². The van der Waals surface area contributed by atoms with Gasteiger partial charge in [0, 0.05) is 103 Å². The fourth-order valence-corrected chi connectivity index (χ4v) is 1.87. The maximum atomic E-state index is 11.3. The van der Waals surface area contributed by atoms with Gasteiger partial charge in [-0.3, -0.25) is 4.57 Å². The Hall–Kier alpha value is 1.58. The first kappa shape index (κ1) is 23.8. The van der Waals surface area contributed by atoms with Crippen LogP contribution in [0.15, 0.2) is 18.2 Å². The van der Waals surface area contributed by atoms with Crippen LogP contribution in [0.25, 0.3) is 0 Å². The molecule has 100 valence electrons. The maximum Gasteiger partial charge on any atom is 0.356 e. The normalized spacial score (nSPS) is 9.80. The second-order valence-electron chi connectivity index (χ2n) is 3.30. The second-order valence-corrected chi connectivity index (χ2v) is 4.90. The molecule has 1 rings (SSSR count). The van der Waals surface area contributed by atoms with Crippen LogP contribution in [0.4, 0.5) is 0 Å². The Kier molecular flexibility index (Phi) is 12.4. The Morgan fingerprint density at radius 3 is 1.55 bits per heavy atom. The molecule has 0 aliphatic heterocycles. The third-order valence-electron chi connectivity index (χ3n) is 2.10. The van der Waals surface area contributed by atoms with Crippen LogP contribution in [0.1, 0.15) is 20.7 Å². The zero-order valence-corrected chi connectivity index (χ0v) is 18.8. The van der Waals surface area contributed by atoms with Gasteiger partial charge in [-0.05, 0) is 18.2 Å². The van der Waals surface area contributed by atoms with E-state index in [0.29, 0.717) is 0 Å². The van der Waals surface area contributed by atoms with Gasteiger partial charge < -0.3 is 19.3 Å². The van der Waals surface area contributed by atoms with Gasteiger partial charge in [0.25, 0.3) is 0 Å². The fourth-order valence-electron chi connectivity index (χ4n) is 1.25. The molecular weight excluding hydrogens is 341 g/mol. The molecule has 0 spiro atoms. The van der Waals surface area contributed by atoms with E-state index in [4.69, 9.17) is 9.79 Å². The van der Waals surface area contributed by atoms with Crippen LogP contribution in [0.5, 0.6) is 0 Å². The van der Waals surface area contributed by atoms with Crippen LogP contribution in [-0.2, 0) is 14.0 Å². The zero-order valence-electron chi connectivity index (χ0n) is 11.6. The van der Waals surface area contributed by atoms with E-state index in [9.17, 15) is 14.2 Å². The van der Waals surface area contributed by atoms with E-state index in [1.165, 1.54) is 0 Å².